The first-order chi connectivity index (χ1) is 15.4. The topological polar surface area (TPSA) is 93.3 Å². The van der Waals surface area contributed by atoms with Crippen molar-refractivity contribution in [3.05, 3.63) is 65.6 Å². The van der Waals surface area contributed by atoms with E-state index < -0.39 is 0 Å². The molecule has 0 aliphatic carbocycles. The number of hydrogen-bond donors (Lipinski definition) is 5. The maximum Gasteiger partial charge on any atom is 0.319 e. The number of halogens is 1. The number of aromatic nitrogens is 1. The Hall–Kier alpha value is -3.55. The van der Waals surface area contributed by atoms with Crippen LogP contribution >= 0.6 is 0 Å². The number of amides is 2. The fourth-order valence-corrected chi connectivity index (χ4v) is 3.31. The van der Waals surface area contributed by atoms with Gasteiger partial charge < -0.3 is 26.3 Å². The zero-order valence-corrected chi connectivity index (χ0v) is 18.8. The summed E-state index contributed by atoms with van der Waals surface area (Å²) in [5.74, 6) is 0.486. The van der Waals surface area contributed by atoms with E-state index in [0.29, 0.717) is 13.1 Å². The molecule has 2 amide bonds. The number of carbonyl (C=O) groups is 1. The molecule has 1 heterocycles. The van der Waals surface area contributed by atoms with Crippen molar-refractivity contribution in [2.45, 2.75) is 39.8 Å². The molecule has 0 radical (unpaired) electrons. The van der Waals surface area contributed by atoms with Gasteiger partial charge in [0.25, 0.3) is 0 Å². The minimum Gasteiger partial charge on any atom is -0.361 e. The lowest BCUT2D eigenvalue weighted by atomic mass is 10.1. The summed E-state index contributed by atoms with van der Waals surface area (Å²) in [5.41, 5.74) is 3.76. The Morgan fingerprint density at radius 3 is 2.62 bits per heavy atom. The Morgan fingerprint density at radius 1 is 1.12 bits per heavy atom. The predicted molar refractivity (Wildman–Crippen MR) is 129 cm³/mol. The Balaban J connectivity index is 1.54. The van der Waals surface area contributed by atoms with Gasteiger partial charge in [0.2, 0.25) is 0 Å². The first-order valence-electron chi connectivity index (χ1n) is 10.9. The number of guanidine groups is 1. The number of hydrogen-bond acceptors (Lipinski definition) is 2. The molecule has 0 atom stereocenters. The second-order valence-corrected chi connectivity index (χ2v) is 7.83. The largest absolute Gasteiger partial charge is 0.361 e. The molecule has 3 aromatic rings. The molecular formula is C24H31FN6O. The number of benzene rings is 2. The van der Waals surface area contributed by atoms with Gasteiger partial charge in [-0.25, -0.2) is 14.2 Å². The highest BCUT2D eigenvalue weighted by Gasteiger charge is 2.06. The standard InChI is InChI=1S/C24H31FN6O/c1-4-26-23(27-12-11-18-15-28-22-10-7-19(25)13-21(18)22)29-14-17-5-8-20(9-6-17)31-24(32)30-16(2)3/h5-10,13,15-16,28H,4,11-12,14H2,1-3H3,(H2,26,27,29)(H2,30,31,32). The number of anilines is 1. The highest BCUT2D eigenvalue weighted by Crippen LogP contribution is 2.19. The molecule has 0 aliphatic rings. The Kier molecular flexibility index (Phi) is 8.08. The van der Waals surface area contributed by atoms with Crippen molar-refractivity contribution in [3.63, 3.8) is 0 Å². The molecule has 7 nitrogen and oxygen atoms in total. The van der Waals surface area contributed by atoms with Crippen molar-refractivity contribution >= 4 is 28.6 Å². The van der Waals surface area contributed by atoms with Crippen LogP contribution in [0.15, 0.2) is 53.7 Å². The highest BCUT2D eigenvalue weighted by atomic mass is 19.1. The molecule has 0 fully saturated rings. The molecule has 1 aromatic heterocycles. The molecule has 170 valence electrons. The van der Waals surface area contributed by atoms with Crippen LogP contribution < -0.4 is 21.3 Å². The van der Waals surface area contributed by atoms with Crippen molar-refractivity contribution in [2.24, 2.45) is 4.99 Å². The lowest BCUT2D eigenvalue weighted by molar-refractivity contribution is 0.250. The highest BCUT2D eigenvalue weighted by molar-refractivity contribution is 5.89. The number of H-pyrrole nitrogens is 1. The number of rotatable bonds is 8. The van der Waals surface area contributed by atoms with E-state index in [-0.39, 0.29) is 17.9 Å². The molecule has 8 heteroatoms. The summed E-state index contributed by atoms with van der Waals surface area (Å²) in [6.07, 6.45) is 2.67. The zero-order valence-electron chi connectivity index (χ0n) is 18.8. The monoisotopic (exact) mass is 438 g/mol. The second-order valence-electron chi connectivity index (χ2n) is 7.83. The van der Waals surface area contributed by atoms with Crippen molar-refractivity contribution < 1.29 is 9.18 Å². The van der Waals surface area contributed by atoms with E-state index in [1.54, 1.807) is 12.1 Å². The van der Waals surface area contributed by atoms with Gasteiger partial charge in [-0.2, -0.15) is 0 Å². The van der Waals surface area contributed by atoms with Crippen molar-refractivity contribution in [2.75, 3.05) is 18.4 Å². The smallest absolute Gasteiger partial charge is 0.319 e. The van der Waals surface area contributed by atoms with Gasteiger partial charge >= 0.3 is 6.03 Å². The maximum atomic E-state index is 13.6. The molecular weight excluding hydrogens is 407 g/mol. The van der Waals surface area contributed by atoms with Gasteiger partial charge in [0.05, 0.1) is 6.54 Å². The van der Waals surface area contributed by atoms with Crippen molar-refractivity contribution in [1.29, 1.82) is 0 Å². The molecule has 32 heavy (non-hydrogen) atoms. The molecule has 0 unspecified atom stereocenters. The van der Waals surface area contributed by atoms with E-state index in [1.807, 2.05) is 51.2 Å². The van der Waals surface area contributed by atoms with E-state index >= 15 is 0 Å². The quantitative estimate of drug-likeness (QED) is 0.270. The number of carbonyl (C=O) groups excluding carboxylic acids is 1. The van der Waals surface area contributed by atoms with Crippen LogP contribution in [0.4, 0.5) is 14.9 Å². The Bertz CT molecular complexity index is 1060. The summed E-state index contributed by atoms with van der Waals surface area (Å²) in [6, 6.07) is 12.2. The number of nitrogens with one attached hydrogen (secondary N) is 5. The first kappa shape index (κ1) is 23.1. The first-order valence-corrected chi connectivity index (χ1v) is 10.9. The lowest BCUT2D eigenvalue weighted by Gasteiger charge is -2.12. The molecule has 0 aliphatic heterocycles. The predicted octanol–water partition coefficient (Wildman–Crippen LogP) is 4.13. The summed E-state index contributed by atoms with van der Waals surface area (Å²) in [5, 5.41) is 13.1. The van der Waals surface area contributed by atoms with Gasteiger partial charge in [-0.05, 0) is 68.7 Å². The Morgan fingerprint density at radius 2 is 1.91 bits per heavy atom. The van der Waals surface area contributed by atoms with E-state index in [0.717, 1.165) is 46.6 Å². The summed E-state index contributed by atoms with van der Waals surface area (Å²) in [7, 11) is 0. The van der Waals surface area contributed by atoms with Crippen LogP contribution in [0, 0.1) is 5.82 Å². The molecule has 0 bridgehead atoms. The van der Waals surface area contributed by atoms with Crippen LogP contribution in [-0.4, -0.2) is 36.1 Å². The average Bonchev–Trinajstić information content (AvgIpc) is 3.14. The number of urea groups is 1. The fraction of sp³-hybridized carbons (Fsp3) is 0.333. The van der Waals surface area contributed by atoms with Gasteiger partial charge in [0.15, 0.2) is 5.96 Å². The van der Waals surface area contributed by atoms with Crippen LogP contribution in [0.3, 0.4) is 0 Å². The van der Waals surface area contributed by atoms with Gasteiger partial charge in [0, 0.05) is 41.9 Å². The van der Waals surface area contributed by atoms with Gasteiger partial charge in [-0.15, -0.1) is 0 Å². The number of fused-ring (bicyclic) bond motifs is 1. The van der Waals surface area contributed by atoms with Crippen LogP contribution in [0.5, 0.6) is 0 Å². The number of aromatic amines is 1. The summed E-state index contributed by atoms with van der Waals surface area (Å²) >= 11 is 0. The molecule has 0 saturated heterocycles. The molecule has 0 saturated carbocycles. The third-order valence-corrected chi connectivity index (χ3v) is 4.81. The minimum atomic E-state index is -0.233. The van der Waals surface area contributed by atoms with Crippen LogP contribution in [0.2, 0.25) is 0 Å². The number of nitrogens with zero attached hydrogens (tertiary/aromatic N) is 1. The van der Waals surface area contributed by atoms with Crippen LogP contribution in [0.25, 0.3) is 10.9 Å². The third-order valence-electron chi connectivity index (χ3n) is 4.81. The summed E-state index contributed by atoms with van der Waals surface area (Å²) in [4.78, 5) is 19.6. The van der Waals surface area contributed by atoms with E-state index in [4.69, 9.17) is 0 Å². The molecule has 2 aromatic carbocycles. The van der Waals surface area contributed by atoms with Crippen LogP contribution in [0.1, 0.15) is 31.9 Å². The van der Waals surface area contributed by atoms with Gasteiger partial charge in [0.1, 0.15) is 5.82 Å². The van der Waals surface area contributed by atoms with E-state index in [1.165, 1.54) is 6.07 Å². The van der Waals surface area contributed by atoms with Crippen LogP contribution in [-0.2, 0) is 13.0 Å². The lowest BCUT2D eigenvalue weighted by Crippen LogP contribution is -2.38. The molecule has 5 N–H and O–H groups in total. The van der Waals surface area contributed by atoms with Crippen molar-refractivity contribution in [3.8, 4) is 0 Å². The minimum absolute atomic E-state index is 0.0812. The van der Waals surface area contributed by atoms with E-state index in [9.17, 15) is 9.18 Å². The summed E-state index contributed by atoms with van der Waals surface area (Å²) < 4.78 is 13.6. The Labute approximate surface area is 187 Å². The second kappa shape index (κ2) is 11.2. The normalized spacial score (nSPS) is 11.6. The third kappa shape index (κ3) is 6.73. The van der Waals surface area contributed by atoms with Gasteiger partial charge in [-0.1, -0.05) is 12.1 Å². The molecule has 3 rings (SSSR count). The van der Waals surface area contributed by atoms with Gasteiger partial charge in [-0.3, -0.25) is 0 Å². The zero-order chi connectivity index (χ0) is 22.9. The summed E-state index contributed by atoms with van der Waals surface area (Å²) in [6.45, 7) is 7.77. The molecule has 0 spiro atoms. The van der Waals surface area contributed by atoms with E-state index in [2.05, 4.69) is 31.2 Å². The average molecular weight is 439 g/mol. The maximum absolute atomic E-state index is 13.6. The van der Waals surface area contributed by atoms with Crippen molar-refractivity contribution in [1.82, 2.24) is 20.9 Å². The number of aliphatic imine (C=N–C) groups is 1. The SMILES string of the molecule is CCNC(=NCc1ccc(NC(=O)NC(C)C)cc1)NCCc1c[nH]c2ccc(F)cc12. The fourth-order valence-electron chi connectivity index (χ4n) is 3.31.